The van der Waals surface area contributed by atoms with Crippen molar-refractivity contribution in [3.05, 3.63) is 11.7 Å². The maximum Gasteiger partial charge on any atom is 0.248 e. The number of carbonyl (C=O) groups excluding carboxylic acids is 1. The number of nitrogens with zero attached hydrogens (tertiary/aromatic N) is 4. The molecule has 2 heterocycles. The summed E-state index contributed by atoms with van der Waals surface area (Å²) in [6.45, 7) is 6.82. The summed E-state index contributed by atoms with van der Waals surface area (Å²) in [5, 5.41) is 9.77. The third kappa shape index (κ3) is 5.22. The molecule has 1 aliphatic heterocycles. The molecule has 0 spiro atoms. The summed E-state index contributed by atoms with van der Waals surface area (Å²) >= 11 is 0. The van der Waals surface area contributed by atoms with Crippen LogP contribution in [0.1, 0.15) is 37.9 Å². The number of carbonyl (C=O) groups is 1. The van der Waals surface area contributed by atoms with Gasteiger partial charge in [-0.3, -0.25) is 4.79 Å². The molecule has 0 aliphatic carbocycles. The molecule has 1 saturated heterocycles. The van der Waals surface area contributed by atoms with Crippen molar-refractivity contribution in [3.8, 4) is 0 Å². The average Bonchev–Trinajstić information content (AvgIpc) is 2.97. The van der Waals surface area contributed by atoms with Crippen LogP contribution in [0, 0.1) is 12.8 Å². The first kappa shape index (κ1) is 17.2. The van der Waals surface area contributed by atoms with E-state index in [9.17, 15) is 4.79 Å². The second-order valence-electron chi connectivity index (χ2n) is 5.71. The number of hydrogen-bond acceptors (Lipinski definition) is 5. The number of aryl methyl sites for hydroxylation is 1. The molecule has 0 atom stereocenters. The van der Waals surface area contributed by atoms with Crippen molar-refractivity contribution in [2.24, 2.45) is 10.9 Å². The van der Waals surface area contributed by atoms with E-state index in [4.69, 9.17) is 4.52 Å². The van der Waals surface area contributed by atoms with Crippen LogP contribution < -0.4 is 10.6 Å². The fourth-order valence-electron chi connectivity index (χ4n) is 2.69. The lowest BCUT2D eigenvalue weighted by Crippen LogP contribution is -2.46. The van der Waals surface area contributed by atoms with Crippen LogP contribution in [0.4, 0.5) is 0 Å². The minimum Gasteiger partial charge on any atom is -0.359 e. The van der Waals surface area contributed by atoms with Crippen LogP contribution in [0.25, 0.3) is 0 Å². The molecule has 23 heavy (non-hydrogen) atoms. The Morgan fingerprint density at radius 1 is 1.43 bits per heavy atom. The number of piperidine rings is 1. The Bertz CT molecular complexity index is 534. The molecule has 1 aromatic rings. The monoisotopic (exact) mass is 322 g/mol. The summed E-state index contributed by atoms with van der Waals surface area (Å²) in [4.78, 5) is 22.4. The number of nitrogens with one attached hydrogen (secondary N) is 2. The van der Waals surface area contributed by atoms with E-state index in [0.29, 0.717) is 30.6 Å². The van der Waals surface area contributed by atoms with Gasteiger partial charge < -0.3 is 20.1 Å². The van der Waals surface area contributed by atoms with E-state index >= 15 is 0 Å². The maximum absolute atomic E-state index is 11.5. The Kier molecular flexibility index (Phi) is 6.37. The Labute approximate surface area is 136 Å². The highest BCUT2D eigenvalue weighted by Crippen LogP contribution is 2.20. The van der Waals surface area contributed by atoms with E-state index in [1.807, 2.05) is 6.92 Å². The average molecular weight is 322 g/mol. The smallest absolute Gasteiger partial charge is 0.248 e. The molecule has 128 valence electrons. The largest absolute Gasteiger partial charge is 0.359 e. The molecule has 8 nitrogen and oxygen atoms in total. The molecule has 0 bridgehead atoms. The lowest BCUT2D eigenvalue weighted by molar-refractivity contribution is -0.121. The molecule has 2 N–H and O–H groups in total. The normalized spacial score (nSPS) is 16.5. The highest BCUT2D eigenvalue weighted by Gasteiger charge is 2.23. The van der Waals surface area contributed by atoms with Crippen LogP contribution >= 0.6 is 0 Å². The van der Waals surface area contributed by atoms with Gasteiger partial charge in [-0.1, -0.05) is 5.16 Å². The van der Waals surface area contributed by atoms with Gasteiger partial charge >= 0.3 is 0 Å². The highest BCUT2D eigenvalue weighted by atomic mass is 16.5. The van der Waals surface area contributed by atoms with Gasteiger partial charge in [0, 0.05) is 33.1 Å². The van der Waals surface area contributed by atoms with Crippen molar-refractivity contribution in [3.63, 3.8) is 0 Å². The summed E-state index contributed by atoms with van der Waals surface area (Å²) in [5.41, 5.74) is 0. The molecule has 1 fully saturated rings. The molecule has 0 saturated carbocycles. The van der Waals surface area contributed by atoms with E-state index in [1.54, 1.807) is 14.0 Å². The summed E-state index contributed by atoms with van der Waals surface area (Å²) in [6.07, 6.45) is 2.61. The second-order valence-corrected chi connectivity index (χ2v) is 5.71. The van der Waals surface area contributed by atoms with Crippen LogP contribution in [-0.2, 0) is 11.3 Å². The number of aromatic nitrogens is 2. The van der Waals surface area contributed by atoms with Crippen LogP contribution in [0.15, 0.2) is 9.52 Å². The van der Waals surface area contributed by atoms with Crippen molar-refractivity contribution < 1.29 is 9.32 Å². The van der Waals surface area contributed by atoms with Gasteiger partial charge in [0.2, 0.25) is 11.8 Å². The van der Waals surface area contributed by atoms with Crippen molar-refractivity contribution in [2.45, 2.75) is 39.7 Å². The lowest BCUT2D eigenvalue weighted by Gasteiger charge is -2.34. The zero-order valence-electron chi connectivity index (χ0n) is 14.1. The molecule has 2 rings (SSSR count). The minimum atomic E-state index is 0.121. The molecule has 1 aliphatic rings. The van der Waals surface area contributed by atoms with Crippen molar-refractivity contribution in [1.82, 2.24) is 25.7 Å². The van der Waals surface area contributed by atoms with Gasteiger partial charge in [-0.2, -0.15) is 4.98 Å². The molecule has 0 radical (unpaired) electrons. The number of guanidine groups is 1. The van der Waals surface area contributed by atoms with Crippen molar-refractivity contribution in [1.29, 1.82) is 0 Å². The highest BCUT2D eigenvalue weighted by molar-refractivity contribution is 5.80. The Morgan fingerprint density at radius 2 is 2.17 bits per heavy atom. The topological polar surface area (TPSA) is 95.7 Å². The standard InChI is InChI=1S/C15H26N6O2/c1-4-17-15(18-10-14-19-11(2)20-23-14)21-7-5-12(6-8-21)9-13(22)16-3/h12H,4-10H2,1-3H3,(H,16,22)(H,17,18). The molecular formula is C15H26N6O2. The fraction of sp³-hybridized carbons (Fsp3) is 0.733. The third-order valence-corrected chi connectivity index (χ3v) is 3.94. The van der Waals surface area contributed by atoms with Gasteiger partial charge in [-0.25, -0.2) is 4.99 Å². The molecule has 1 amide bonds. The first-order valence-electron chi connectivity index (χ1n) is 8.15. The van der Waals surface area contributed by atoms with Gasteiger partial charge in [0.05, 0.1) is 0 Å². The van der Waals surface area contributed by atoms with E-state index in [1.165, 1.54) is 0 Å². The molecule has 0 unspecified atom stereocenters. The van der Waals surface area contributed by atoms with E-state index in [0.717, 1.165) is 38.4 Å². The van der Waals surface area contributed by atoms with E-state index < -0.39 is 0 Å². The SMILES string of the molecule is CCNC(=NCc1nc(C)no1)N1CCC(CC(=O)NC)CC1. The molecular weight excluding hydrogens is 296 g/mol. The Hall–Kier alpha value is -2.12. The van der Waals surface area contributed by atoms with Crippen LogP contribution in [0.5, 0.6) is 0 Å². The second kappa shape index (κ2) is 8.50. The van der Waals surface area contributed by atoms with Crippen molar-refractivity contribution in [2.75, 3.05) is 26.7 Å². The van der Waals surface area contributed by atoms with Crippen molar-refractivity contribution >= 4 is 11.9 Å². The fourth-order valence-corrected chi connectivity index (χ4v) is 2.69. The molecule has 1 aromatic heterocycles. The first-order valence-corrected chi connectivity index (χ1v) is 8.15. The minimum absolute atomic E-state index is 0.121. The zero-order chi connectivity index (χ0) is 16.7. The van der Waals surface area contributed by atoms with E-state index in [-0.39, 0.29) is 5.91 Å². The van der Waals surface area contributed by atoms with Gasteiger partial charge in [0.25, 0.3) is 0 Å². The van der Waals surface area contributed by atoms with E-state index in [2.05, 4.69) is 30.7 Å². The van der Waals surface area contributed by atoms with Gasteiger partial charge in [0.1, 0.15) is 6.54 Å². The number of likely N-dealkylation sites (tertiary alicyclic amines) is 1. The molecule has 0 aromatic carbocycles. The predicted molar refractivity (Wildman–Crippen MR) is 86.8 cm³/mol. The number of aliphatic imine (C=N–C) groups is 1. The quantitative estimate of drug-likeness (QED) is 0.612. The van der Waals surface area contributed by atoms with Gasteiger partial charge in [-0.15, -0.1) is 0 Å². The molecule has 8 heteroatoms. The zero-order valence-corrected chi connectivity index (χ0v) is 14.1. The number of amides is 1. The van der Waals surface area contributed by atoms with Crippen LogP contribution in [-0.4, -0.2) is 53.6 Å². The number of hydrogen-bond donors (Lipinski definition) is 2. The summed E-state index contributed by atoms with van der Waals surface area (Å²) < 4.78 is 5.09. The summed E-state index contributed by atoms with van der Waals surface area (Å²) in [6, 6.07) is 0. The first-order chi connectivity index (χ1) is 11.1. The Morgan fingerprint density at radius 3 is 2.74 bits per heavy atom. The summed E-state index contributed by atoms with van der Waals surface area (Å²) in [7, 11) is 1.69. The Balaban J connectivity index is 1.90. The number of rotatable bonds is 5. The predicted octanol–water partition coefficient (Wildman–Crippen LogP) is 0.692. The van der Waals surface area contributed by atoms with Crippen LogP contribution in [0.3, 0.4) is 0 Å². The third-order valence-electron chi connectivity index (χ3n) is 3.94. The lowest BCUT2D eigenvalue weighted by atomic mass is 9.93. The van der Waals surface area contributed by atoms with Gasteiger partial charge in [0.15, 0.2) is 11.8 Å². The maximum atomic E-state index is 11.5. The summed E-state index contributed by atoms with van der Waals surface area (Å²) in [5.74, 6) is 2.58. The van der Waals surface area contributed by atoms with Gasteiger partial charge in [-0.05, 0) is 32.6 Å². The van der Waals surface area contributed by atoms with Crippen LogP contribution in [0.2, 0.25) is 0 Å².